The third-order valence-electron chi connectivity index (χ3n) is 3.71. The number of benzene rings is 1. The summed E-state index contributed by atoms with van der Waals surface area (Å²) < 4.78 is 5.18. The molecule has 0 aliphatic heterocycles. The Morgan fingerprint density at radius 1 is 1.28 bits per heavy atom. The van der Waals surface area contributed by atoms with Gasteiger partial charge in [0.25, 0.3) is 0 Å². The molecule has 0 aromatic heterocycles. The SMILES string of the molecule is COc1ccc([C@H](C)NCC2CC=CCC2)cc1. The second-order valence-corrected chi connectivity index (χ2v) is 5.05. The largest absolute Gasteiger partial charge is 0.497 e. The molecule has 2 nitrogen and oxygen atoms in total. The average Bonchev–Trinajstić information content (AvgIpc) is 2.46. The Hall–Kier alpha value is -1.28. The normalized spacial score (nSPS) is 20.7. The first-order chi connectivity index (χ1) is 8.79. The van der Waals surface area contributed by atoms with Crippen LogP contribution in [0.15, 0.2) is 36.4 Å². The van der Waals surface area contributed by atoms with Crippen LogP contribution in [0.3, 0.4) is 0 Å². The minimum absolute atomic E-state index is 0.404. The molecule has 2 rings (SSSR count). The second kappa shape index (κ2) is 6.60. The summed E-state index contributed by atoms with van der Waals surface area (Å²) in [7, 11) is 1.70. The number of methoxy groups -OCH3 is 1. The molecule has 0 saturated heterocycles. The highest BCUT2D eigenvalue weighted by Gasteiger charge is 2.11. The zero-order valence-electron chi connectivity index (χ0n) is 11.4. The topological polar surface area (TPSA) is 21.3 Å². The zero-order valence-corrected chi connectivity index (χ0v) is 11.4. The number of allylic oxidation sites excluding steroid dienone is 2. The van der Waals surface area contributed by atoms with E-state index < -0.39 is 0 Å². The molecule has 0 saturated carbocycles. The van der Waals surface area contributed by atoms with Crippen molar-refractivity contribution in [3.8, 4) is 5.75 Å². The zero-order chi connectivity index (χ0) is 12.8. The smallest absolute Gasteiger partial charge is 0.118 e. The Morgan fingerprint density at radius 2 is 2.06 bits per heavy atom. The third-order valence-corrected chi connectivity index (χ3v) is 3.71. The number of rotatable bonds is 5. The highest BCUT2D eigenvalue weighted by molar-refractivity contribution is 5.28. The molecule has 18 heavy (non-hydrogen) atoms. The van der Waals surface area contributed by atoms with Crippen LogP contribution in [-0.2, 0) is 0 Å². The van der Waals surface area contributed by atoms with Crippen LogP contribution in [0.1, 0.15) is 37.8 Å². The van der Waals surface area contributed by atoms with Crippen LogP contribution < -0.4 is 10.1 Å². The van der Waals surface area contributed by atoms with E-state index in [0.717, 1.165) is 18.2 Å². The van der Waals surface area contributed by atoms with Crippen LogP contribution in [0.5, 0.6) is 5.75 Å². The van der Waals surface area contributed by atoms with Gasteiger partial charge in [0.2, 0.25) is 0 Å². The maximum atomic E-state index is 5.18. The molecule has 0 amide bonds. The lowest BCUT2D eigenvalue weighted by molar-refractivity contribution is 0.410. The molecule has 1 aliphatic rings. The van der Waals surface area contributed by atoms with Gasteiger partial charge in [-0.25, -0.2) is 0 Å². The highest BCUT2D eigenvalue weighted by atomic mass is 16.5. The fraction of sp³-hybridized carbons (Fsp3) is 0.500. The Bertz CT molecular complexity index is 383. The van der Waals surface area contributed by atoms with Crippen LogP contribution in [0, 0.1) is 5.92 Å². The van der Waals surface area contributed by atoms with Gasteiger partial charge in [0.05, 0.1) is 7.11 Å². The summed E-state index contributed by atoms with van der Waals surface area (Å²) >= 11 is 0. The number of hydrogen-bond donors (Lipinski definition) is 1. The van der Waals surface area contributed by atoms with Crippen LogP contribution >= 0.6 is 0 Å². The molecule has 98 valence electrons. The fourth-order valence-electron chi connectivity index (χ4n) is 2.40. The van der Waals surface area contributed by atoms with Crippen LogP contribution in [0.4, 0.5) is 0 Å². The quantitative estimate of drug-likeness (QED) is 0.799. The highest BCUT2D eigenvalue weighted by Crippen LogP contribution is 2.20. The molecule has 2 atom stereocenters. The number of nitrogens with one attached hydrogen (secondary N) is 1. The molecular weight excluding hydrogens is 222 g/mol. The van der Waals surface area contributed by atoms with E-state index in [4.69, 9.17) is 4.74 Å². The van der Waals surface area contributed by atoms with Gasteiger partial charge in [-0.3, -0.25) is 0 Å². The third kappa shape index (κ3) is 3.61. The first kappa shape index (κ1) is 13.2. The summed E-state index contributed by atoms with van der Waals surface area (Å²) in [5, 5.41) is 3.63. The minimum Gasteiger partial charge on any atom is -0.497 e. The van der Waals surface area contributed by atoms with E-state index in [9.17, 15) is 0 Å². The van der Waals surface area contributed by atoms with E-state index in [0.29, 0.717) is 6.04 Å². The van der Waals surface area contributed by atoms with E-state index in [1.807, 2.05) is 12.1 Å². The molecular formula is C16H23NO. The van der Waals surface area contributed by atoms with Crippen molar-refractivity contribution < 1.29 is 4.74 Å². The molecule has 0 spiro atoms. The Labute approximate surface area is 110 Å². The van der Waals surface area contributed by atoms with Crippen molar-refractivity contribution in [1.29, 1.82) is 0 Å². The van der Waals surface area contributed by atoms with Gasteiger partial charge in [0, 0.05) is 6.04 Å². The van der Waals surface area contributed by atoms with Crippen molar-refractivity contribution in [2.24, 2.45) is 5.92 Å². The predicted octanol–water partition coefficient (Wildman–Crippen LogP) is 3.70. The van der Waals surface area contributed by atoms with Crippen LogP contribution in [0.25, 0.3) is 0 Å². The van der Waals surface area contributed by atoms with Gasteiger partial charge < -0.3 is 10.1 Å². The molecule has 1 aromatic carbocycles. The lowest BCUT2D eigenvalue weighted by Gasteiger charge is -2.21. The second-order valence-electron chi connectivity index (χ2n) is 5.05. The van der Waals surface area contributed by atoms with Gasteiger partial charge in [0.15, 0.2) is 0 Å². The van der Waals surface area contributed by atoms with Gasteiger partial charge in [0.1, 0.15) is 5.75 Å². The van der Waals surface area contributed by atoms with E-state index in [1.165, 1.54) is 24.8 Å². The van der Waals surface area contributed by atoms with Crippen molar-refractivity contribution in [2.75, 3.05) is 13.7 Å². The number of ether oxygens (including phenoxy) is 1. The van der Waals surface area contributed by atoms with Gasteiger partial charge in [-0.1, -0.05) is 24.3 Å². The van der Waals surface area contributed by atoms with Gasteiger partial charge in [-0.15, -0.1) is 0 Å². The minimum atomic E-state index is 0.404. The molecule has 1 aromatic rings. The van der Waals surface area contributed by atoms with E-state index >= 15 is 0 Å². The first-order valence-electron chi connectivity index (χ1n) is 6.82. The van der Waals surface area contributed by atoms with Crippen molar-refractivity contribution in [3.63, 3.8) is 0 Å². The summed E-state index contributed by atoms with van der Waals surface area (Å²) in [5.41, 5.74) is 1.32. The van der Waals surface area contributed by atoms with E-state index in [-0.39, 0.29) is 0 Å². The Balaban J connectivity index is 1.82. The molecule has 1 unspecified atom stereocenters. The maximum absolute atomic E-state index is 5.18. The van der Waals surface area contributed by atoms with E-state index in [1.54, 1.807) is 7.11 Å². The van der Waals surface area contributed by atoms with Gasteiger partial charge >= 0.3 is 0 Å². The van der Waals surface area contributed by atoms with Gasteiger partial charge in [-0.2, -0.15) is 0 Å². The van der Waals surface area contributed by atoms with Crippen molar-refractivity contribution in [3.05, 3.63) is 42.0 Å². The monoisotopic (exact) mass is 245 g/mol. The molecule has 1 aliphatic carbocycles. The van der Waals surface area contributed by atoms with Crippen LogP contribution in [0.2, 0.25) is 0 Å². The van der Waals surface area contributed by atoms with Crippen molar-refractivity contribution >= 4 is 0 Å². The van der Waals surface area contributed by atoms with Crippen molar-refractivity contribution in [2.45, 2.75) is 32.2 Å². The maximum Gasteiger partial charge on any atom is 0.118 e. The fourth-order valence-corrected chi connectivity index (χ4v) is 2.40. The summed E-state index contributed by atoms with van der Waals surface area (Å²) in [6.45, 7) is 3.33. The molecule has 1 N–H and O–H groups in total. The van der Waals surface area contributed by atoms with Gasteiger partial charge in [-0.05, 0) is 56.3 Å². The van der Waals surface area contributed by atoms with E-state index in [2.05, 4.69) is 36.5 Å². The molecule has 0 fully saturated rings. The molecule has 0 bridgehead atoms. The summed E-state index contributed by atoms with van der Waals surface area (Å²) in [4.78, 5) is 0. The standard InChI is InChI=1S/C16H23NO/c1-13(15-8-10-16(18-2)11-9-15)17-12-14-6-4-3-5-7-14/h3-4,8-11,13-14,17H,5-7,12H2,1-2H3/t13-,14?/m0/s1. The van der Waals surface area contributed by atoms with Crippen molar-refractivity contribution in [1.82, 2.24) is 5.32 Å². The molecule has 2 heteroatoms. The molecule has 0 radical (unpaired) electrons. The average molecular weight is 245 g/mol. The summed E-state index contributed by atoms with van der Waals surface area (Å²) in [6.07, 6.45) is 8.39. The summed E-state index contributed by atoms with van der Waals surface area (Å²) in [5.74, 6) is 1.72. The lowest BCUT2D eigenvalue weighted by atomic mass is 9.94. The Kier molecular flexibility index (Phi) is 4.82. The number of hydrogen-bond acceptors (Lipinski definition) is 2. The van der Waals surface area contributed by atoms with Crippen LogP contribution in [-0.4, -0.2) is 13.7 Å². The predicted molar refractivity (Wildman–Crippen MR) is 75.9 cm³/mol. The first-order valence-corrected chi connectivity index (χ1v) is 6.82. The Morgan fingerprint density at radius 3 is 2.67 bits per heavy atom. The molecule has 0 heterocycles. The summed E-state index contributed by atoms with van der Waals surface area (Å²) in [6, 6.07) is 8.73. The lowest BCUT2D eigenvalue weighted by Crippen LogP contribution is -2.26.